The number of benzene rings is 3. The quantitative estimate of drug-likeness (QED) is 0.345. The Balaban J connectivity index is 1.52. The van der Waals surface area contributed by atoms with Crippen LogP contribution in [-0.4, -0.2) is 29.6 Å². The molecule has 4 rings (SSSR count). The van der Waals surface area contributed by atoms with Crippen molar-refractivity contribution in [3.8, 4) is 5.75 Å². The number of carboxylic acids is 1. The molecule has 1 saturated carbocycles. The maximum absolute atomic E-state index is 12.4. The van der Waals surface area contributed by atoms with E-state index in [2.05, 4.69) is 5.32 Å². The third-order valence-electron chi connectivity index (χ3n) is 6.82. The lowest BCUT2D eigenvalue weighted by molar-refractivity contribution is -0.137. The minimum absolute atomic E-state index is 0.0228. The standard InChI is InChI=1S/C29H32ClNO4/c1-19-8-12-23(30)16-26(19)27(17-29(33)34)21-10-9-20-11-13-25(15-22(20)14-21)35-18-28(32)31-24-6-4-2-3-5-7-24/h8-16,24,27H,2-7,17-18H2,1H3,(H,31,32)(H,33,34). The first-order valence-electron chi connectivity index (χ1n) is 12.3. The molecule has 0 radical (unpaired) electrons. The van der Waals surface area contributed by atoms with Crippen LogP contribution in [0.25, 0.3) is 10.8 Å². The molecule has 0 aliphatic heterocycles. The van der Waals surface area contributed by atoms with Gasteiger partial charge in [-0.05, 0) is 71.5 Å². The van der Waals surface area contributed by atoms with Gasteiger partial charge in [0.25, 0.3) is 5.91 Å². The third kappa shape index (κ3) is 6.76. The van der Waals surface area contributed by atoms with Crippen LogP contribution in [0.15, 0.2) is 54.6 Å². The highest BCUT2D eigenvalue weighted by molar-refractivity contribution is 6.30. The van der Waals surface area contributed by atoms with E-state index in [0.29, 0.717) is 10.8 Å². The van der Waals surface area contributed by atoms with Gasteiger partial charge in [-0.2, -0.15) is 0 Å². The summed E-state index contributed by atoms with van der Waals surface area (Å²) >= 11 is 6.23. The Hall–Kier alpha value is -3.05. The van der Waals surface area contributed by atoms with Gasteiger partial charge in [0.05, 0.1) is 6.42 Å². The lowest BCUT2D eigenvalue weighted by Gasteiger charge is -2.19. The van der Waals surface area contributed by atoms with Gasteiger partial charge in [-0.1, -0.05) is 67.6 Å². The summed E-state index contributed by atoms with van der Waals surface area (Å²) in [4.78, 5) is 24.1. The molecule has 3 aromatic rings. The SMILES string of the molecule is Cc1ccc(Cl)cc1C(CC(=O)O)c1ccc2ccc(OCC(=O)NC3CCCCCC3)cc2c1. The third-order valence-corrected chi connectivity index (χ3v) is 7.06. The largest absolute Gasteiger partial charge is 0.484 e. The molecule has 35 heavy (non-hydrogen) atoms. The molecule has 1 unspecified atom stereocenters. The van der Waals surface area contributed by atoms with Gasteiger partial charge in [-0.3, -0.25) is 9.59 Å². The number of ether oxygens (including phenoxy) is 1. The van der Waals surface area contributed by atoms with Crippen molar-refractivity contribution in [2.45, 2.75) is 63.8 Å². The van der Waals surface area contributed by atoms with Crippen LogP contribution in [0.5, 0.6) is 5.75 Å². The maximum Gasteiger partial charge on any atom is 0.304 e. The van der Waals surface area contributed by atoms with E-state index >= 15 is 0 Å². The van der Waals surface area contributed by atoms with Crippen LogP contribution < -0.4 is 10.1 Å². The van der Waals surface area contributed by atoms with Crippen LogP contribution >= 0.6 is 11.6 Å². The molecular weight excluding hydrogens is 462 g/mol. The number of aryl methyl sites for hydroxylation is 1. The summed E-state index contributed by atoms with van der Waals surface area (Å²) in [6.07, 6.45) is 6.84. The number of hydrogen-bond acceptors (Lipinski definition) is 3. The summed E-state index contributed by atoms with van der Waals surface area (Å²) in [5, 5.41) is 15.2. The first-order valence-corrected chi connectivity index (χ1v) is 12.7. The molecule has 1 amide bonds. The fraction of sp³-hybridized carbons (Fsp3) is 0.379. The van der Waals surface area contributed by atoms with Crippen molar-refractivity contribution in [3.63, 3.8) is 0 Å². The molecule has 184 valence electrons. The number of aliphatic carboxylic acids is 1. The minimum atomic E-state index is -0.869. The van der Waals surface area contributed by atoms with Crippen molar-refractivity contribution in [2.24, 2.45) is 0 Å². The molecule has 1 aliphatic rings. The number of amides is 1. The molecule has 3 aromatic carbocycles. The number of carbonyl (C=O) groups excluding carboxylic acids is 1. The molecule has 1 atom stereocenters. The summed E-state index contributed by atoms with van der Waals surface area (Å²) in [5.41, 5.74) is 2.80. The zero-order valence-corrected chi connectivity index (χ0v) is 20.8. The highest BCUT2D eigenvalue weighted by Crippen LogP contribution is 2.34. The van der Waals surface area contributed by atoms with Gasteiger partial charge >= 0.3 is 5.97 Å². The molecule has 0 aromatic heterocycles. The van der Waals surface area contributed by atoms with Crippen molar-refractivity contribution < 1.29 is 19.4 Å². The zero-order chi connectivity index (χ0) is 24.8. The lowest BCUT2D eigenvalue weighted by Crippen LogP contribution is -2.37. The van der Waals surface area contributed by atoms with E-state index in [9.17, 15) is 14.7 Å². The second-order valence-corrected chi connectivity index (χ2v) is 9.90. The number of carbonyl (C=O) groups is 2. The maximum atomic E-state index is 12.4. The van der Waals surface area contributed by atoms with Crippen LogP contribution in [0.3, 0.4) is 0 Å². The molecule has 0 heterocycles. The van der Waals surface area contributed by atoms with E-state index in [1.807, 2.05) is 61.5 Å². The normalized spacial score (nSPS) is 15.4. The monoisotopic (exact) mass is 493 g/mol. The summed E-state index contributed by atoms with van der Waals surface area (Å²) < 4.78 is 5.81. The highest BCUT2D eigenvalue weighted by Gasteiger charge is 2.21. The molecule has 5 nitrogen and oxygen atoms in total. The summed E-state index contributed by atoms with van der Waals surface area (Å²) in [6.45, 7) is 1.94. The molecule has 6 heteroatoms. The van der Waals surface area contributed by atoms with E-state index < -0.39 is 5.97 Å². The van der Waals surface area contributed by atoms with E-state index in [4.69, 9.17) is 16.3 Å². The molecule has 0 spiro atoms. The van der Waals surface area contributed by atoms with Gasteiger partial charge in [-0.25, -0.2) is 0 Å². The van der Waals surface area contributed by atoms with Gasteiger partial charge in [0.2, 0.25) is 0 Å². The molecule has 1 aliphatic carbocycles. The number of nitrogens with one attached hydrogen (secondary N) is 1. The Bertz CT molecular complexity index is 1200. The number of hydrogen-bond donors (Lipinski definition) is 2. The van der Waals surface area contributed by atoms with Gasteiger partial charge in [-0.15, -0.1) is 0 Å². The highest BCUT2D eigenvalue weighted by atomic mass is 35.5. The second-order valence-electron chi connectivity index (χ2n) is 9.46. The van der Waals surface area contributed by atoms with Gasteiger partial charge in [0.1, 0.15) is 5.75 Å². The Morgan fingerprint density at radius 3 is 2.49 bits per heavy atom. The van der Waals surface area contributed by atoms with Crippen molar-refractivity contribution in [1.82, 2.24) is 5.32 Å². The number of carboxylic acid groups (broad SMARTS) is 1. The van der Waals surface area contributed by atoms with Gasteiger partial charge in [0.15, 0.2) is 6.61 Å². The predicted octanol–water partition coefficient (Wildman–Crippen LogP) is 6.63. The summed E-state index contributed by atoms with van der Waals surface area (Å²) in [5.74, 6) is -0.681. The summed E-state index contributed by atoms with van der Waals surface area (Å²) in [6, 6.07) is 17.5. The Morgan fingerprint density at radius 1 is 1.00 bits per heavy atom. The molecular formula is C29H32ClNO4. The molecule has 2 N–H and O–H groups in total. The Morgan fingerprint density at radius 2 is 1.74 bits per heavy atom. The Labute approximate surface area is 211 Å². The van der Waals surface area contributed by atoms with Crippen molar-refractivity contribution in [2.75, 3.05) is 6.61 Å². The van der Waals surface area contributed by atoms with Crippen LogP contribution in [-0.2, 0) is 9.59 Å². The topological polar surface area (TPSA) is 75.6 Å². The van der Waals surface area contributed by atoms with Crippen molar-refractivity contribution in [3.05, 3.63) is 76.3 Å². The van der Waals surface area contributed by atoms with E-state index in [1.54, 1.807) is 0 Å². The van der Waals surface area contributed by atoms with Crippen LogP contribution in [0.2, 0.25) is 5.02 Å². The summed E-state index contributed by atoms with van der Waals surface area (Å²) in [7, 11) is 0. The zero-order valence-electron chi connectivity index (χ0n) is 20.1. The van der Waals surface area contributed by atoms with E-state index in [1.165, 1.54) is 12.8 Å². The average Bonchev–Trinajstić information content (AvgIpc) is 3.11. The van der Waals surface area contributed by atoms with E-state index in [0.717, 1.165) is 53.1 Å². The first-order chi connectivity index (χ1) is 16.9. The first kappa shape index (κ1) is 25.1. The predicted molar refractivity (Wildman–Crippen MR) is 139 cm³/mol. The number of halogens is 1. The minimum Gasteiger partial charge on any atom is -0.484 e. The fourth-order valence-electron chi connectivity index (χ4n) is 4.96. The van der Waals surface area contributed by atoms with Crippen LogP contribution in [0.4, 0.5) is 0 Å². The van der Waals surface area contributed by atoms with Gasteiger partial charge < -0.3 is 15.2 Å². The number of rotatable bonds is 8. The van der Waals surface area contributed by atoms with Crippen molar-refractivity contribution >= 4 is 34.2 Å². The fourth-order valence-corrected chi connectivity index (χ4v) is 5.14. The lowest BCUT2D eigenvalue weighted by atomic mass is 9.85. The smallest absolute Gasteiger partial charge is 0.304 e. The second kappa shape index (κ2) is 11.6. The molecule has 1 fully saturated rings. The van der Waals surface area contributed by atoms with Crippen LogP contribution in [0.1, 0.15) is 67.6 Å². The van der Waals surface area contributed by atoms with E-state index in [-0.39, 0.29) is 30.9 Å². The Kier molecular flexibility index (Phi) is 8.29. The average molecular weight is 494 g/mol. The van der Waals surface area contributed by atoms with Crippen LogP contribution in [0, 0.1) is 6.92 Å². The van der Waals surface area contributed by atoms with Gasteiger partial charge in [0, 0.05) is 17.0 Å². The molecule has 0 bridgehead atoms. The molecule has 0 saturated heterocycles. The van der Waals surface area contributed by atoms with Crippen molar-refractivity contribution in [1.29, 1.82) is 0 Å². The number of fused-ring (bicyclic) bond motifs is 1.